The van der Waals surface area contributed by atoms with E-state index < -0.39 is 17.2 Å². The van der Waals surface area contributed by atoms with Gasteiger partial charge in [0.25, 0.3) is 0 Å². The van der Waals surface area contributed by atoms with Gasteiger partial charge in [-0.25, -0.2) is 0 Å². The van der Waals surface area contributed by atoms with E-state index in [4.69, 9.17) is 4.74 Å². The Bertz CT molecular complexity index is 952. The quantitative estimate of drug-likeness (QED) is 0.655. The van der Waals surface area contributed by atoms with Crippen molar-refractivity contribution in [3.05, 3.63) is 65.2 Å². The minimum atomic E-state index is -4.49. The van der Waals surface area contributed by atoms with Crippen molar-refractivity contribution in [2.75, 3.05) is 18.5 Å². The lowest BCUT2D eigenvalue weighted by atomic mass is 9.72. The van der Waals surface area contributed by atoms with E-state index in [0.717, 1.165) is 17.7 Å². The van der Waals surface area contributed by atoms with Crippen LogP contribution < -0.4 is 10.6 Å². The Morgan fingerprint density at radius 1 is 1.09 bits per heavy atom. The molecule has 0 aliphatic carbocycles. The van der Waals surface area contributed by atoms with E-state index >= 15 is 0 Å². The molecule has 0 radical (unpaired) electrons. The number of rotatable bonds is 6. The zero-order valence-electron chi connectivity index (χ0n) is 18.1. The van der Waals surface area contributed by atoms with E-state index in [0.29, 0.717) is 43.7 Å². The summed E-state index contributed by atoms with van der Waals surface area (Å²) in [4.78, 5) is 24.9. The van der Waals surface area contributed by atoms with Gasteiger partial charge in [0.2, 0.25) is 11.8 Å². The average Bonchev–Trinajstić information content (AvgIpc) is 2.79. The Kier molecular flexibility index (Phi) is 7.23. The molecule has 1 heterocycles. The molecule has 0 spiro atoms. The number of alkyl halides is 3. The zero-order chi connectivity index (χ0) is 23.4. The van der Waals surface area contributed by atoms with E-state index in [1.807, 2.05) is 6.92 Å². The normalized spacial score (nSPS) is 16.8. The van der Waals surface area contributed by atoms with Crippen molar-refractivity contribution in [3.63, 3.8) is 0 Å². The Morgan fingerprint density at radius 2 is 1.75 bits per heavy atom. The molecule has 3 rings (SSSR count). The van der Waals surface area contributed by atoms with Crippen LogP contribution in [0.1, 0.15) is 55.8 Å². The topological polar surface area (TPSA) is 67.4 Å². The second kappa shape index (κ2) is 9.73. The van der Waals surface area contributed by atoms with E-state index in [1.54, 1.807) is 37.3 Å². The number of anilines is 1. The SMILES string of the molecule is CCC(=O)Nc1ccc(C(C)NC(=O)C2(c3cccc(C(F)(F)F)c3)CCOCC2)cc1. The summed E-state index contributed by atoms with van der Waals surface area (Å²) in [5.74, 6) is -0.419. The minimum absolute atomic E-state index is 0.0957. The van der Waals surface area contributed by atoms with E-state index in [1.165, 1.54) is 6.07 Å². The fraction of sp³-hybridized carbons (Fsp3) is 0.417. The van der Waals surface area contributed by atoms with E-state index in [9.17, 15) is 22.8 Å². The van der Waals surface area contributed by atoms with Crippen LogP contribution in [0.15, 0.2) is 48.5 Å². The summed E-state index contributed by atoms with van der Waals surface area (Å²) >= 11 is 0. The van der Waals surface area contributed by atoms with Crippen LogP contribution in [0.4, 0.5) is 18.9 Å². The number of nitrogens with one attached hydrogen (secondary N) is 2. The van der Waals surface area contributed by atoms with Gasteiger partial charge in [0.05, 0.1) is 17.0 Å². The lowest BCUT2D eigenvalue weighted by Gasteiger charge is -2.37. The van der Waals surface area contributed by atoms with Gasteiger partial charge in [-0.15, -0.1) is 0 Å². The number of hydrogen-bond acceptors (Lipinski definition) is 3. The van der Waals surface area contributed by atoms with Gasteiger partial charge >= 0.3 is 6.18 Å². The van der Waals surface area contributed by atoms with Crippen LogP contribution in [-0.2, 0) is 25.9 Å². The molecule has 2 aromatic carbocycles. The molecule has 1 fully saturated rings. The standard InChI is InChI=1S/C24H27F3N2O3/c1-3-21(30)29-20-9-7-17(8-10-20)16(2)28-22(31)23(11-13-32-14-12-23)18-5-4-6-19(15-18)24(25,26)27/h4-10,15-16H,3,11-14H2,1-2H3,(H,28,31)(H,29,30). The molecule has 1 atom stereocenters. The number of carbonyl (C=O) groups is 2. The molecule has 32 heavy (non-hydrogen) atoms. The summed E-state index contributed by atoms with van der Waals surface area (Å²) in [6, 6.07) is 11.7. The van der Waals surface area contributed by atoms with Gasteiger partial charge in [-0.2, -0.15) is 13.2 Å². The van der Waals surface area contributed by atoms with Crippen molar-refractivity contribution in [1.29, 1.82) is 0 Å². The van der Waals surface area contributed by atoms with Crippen molar-refractivity contribution in [2.24, 2.45) is 0 Å². The second-order valence-electron chi connectivity index (χ2n) is 7.99. The van der Waals surface area contributed by atoms with Gasteiger partial charge in [0.15, 0.2) is 0 Å². The van der Waals surface area contributed by atoms with Crippen LogP contribution in [0.5, 0.6) is 0 Å². The molecule has 0 bridgehead atoms. The summed E-state index contributed by atoms with van der Waals surface area (Å²) in [5, 5.41) is 5.73. The number of benzene rings is 2. The molecule has 1 aliphatic heterocycles. The largest absolute Gasteiger partial charge is 0.416 e. The predicted octanol–water partition coefficient (Wildman–Crippen LogP) is 4.98. The van der Waals surface area contributed by atoms with Crippen molar-refractivity contribution >= 4 is 17.5 Å². The van der Waals surface area contributed by atoms with Crippen LogP contribution in [0.3, 0.4) is 0 Å². The number of halogens is 3. The molecular formula is C24H27F3N2O3. The molecule has 2 N–H and O–H groups in total. The first kappa shape index (κ1) is 23.8. The molecule has 1 saturated heterocycles. The Labute approximate surface area is 185 Å². The van der Waals surface area contributed by atoms with E-state index in [2.05, 4.69) is 10.6 Å². The molecule has 1 aliphatic rings. The molecule has 0 aromatic heterocycles. The number of amides is 2. The van der Waals surface area contributed by atoms with Crippen molar-refractivity contribution < 1.29 is 27.5 Å². The molecule has 2 aromatic rings. The highest BCUT2D eigenvalue weighted by molar-refractivity contribution is 5.90. The number of carbonyl (C=O) groups excluding carboxylic acids is 2. The van der Waals surface area contributed by atoms with Gasteiger partial charge < -0.3 is 15.4 Å². The third kappa shape index (κ3) is 5.30. The highest BCUT2D eigenvalue weighted by atomic mass is 19.4. The van der Waals surface area contributed by atoms with Gasteiger partial charge in [-0.1, -0.05) is 37.3 Å². The smallest absolute Gasteiger partial charge is 0.381 e. The summed E-state index contributed by atoms with van der Waals surface area (Å²) < 4.78 is 45.2. The first-order valence-electron chi connectivity index (χ1n) is 10.6. The summed E-state index contributed by atoms with van der Waals surface area (Å²) in [7, 11) is 0. The fourth-order valence-electron chi connectivity index (χ4n) is 3.88. The van der Waals surface area contributed by atoms with E-state index in [-0.39, 0.29) is 17.9 Å². The highest BCUT2D eigenvalue weighted by Gasteiger charge is 2.43. The van der Waals surface area contributed by atoms with Crippen molar-refractivity contribution in [1.82, 2.24) is 5.32 Å². The maximum Gasteiger partial charge on any atom is 0.416 e. The van der Waals surface area contributed by atoms with Gasteiger partial charge in [-0.05, 0) is 49.1 Å². The first-order chi connectivity index (χ1) is 15.2. The Hall–Kier alpha value is -2.87. The van der Waals surface area contributed by atoms with Crippen LogP contribution >= 0.6 is 0 Å². The zero-order valence-corrected chi connectivity index (χ0v) is 18.1. The lowest BCUT2D eigenvalue weighted by Crippen LogP contribution is -2.48. The molecule has 8 heteroatoms. The van der Waals surface area contributed by atoms with Gasteiger partial charge in [0.1, 0.15) is 0 Å². The molecule has 5 nitrogen and oxygen atoms in total. The van der Waals surface area contributed by atoms with Crippen LogP contribution in [0.2, 0.25) is 0 Å². The highest BCUT2D eigenvalue weighted by Crippen LogP contribution is 2.39. The van der Waals surface area contributed by atoms with Crippen LogP contribution in [-0.4, -0.2) is 25.0 Å². The van der Waals surface area contributed by atoms with Gasteiger partial charge in [-0.3, -0.25) is 9.59 Å². The first-order valence-corrected chi connectivity index (χ1v) is 10.6. The average molecular weight is 448 g/mol. The third-order valence-electron chi connectivity index (χ3n) is 5.89. The van der Waals surface area contributed by atoms with Crippen molar-refractivity contribution in [2.45, 2.75) is 50.7 Å². The van der Waals surface area contributed by atoms with Crippen LogP contribution in [0, 0.1) is 0 Å². The summed E-state index contributed by atoms with van der Waals surface area (Å²) in [5.41, 5.74) is -0.0458. The molecule has 2 amide bonds. The minimum Gasteiger partial charge on any atom is -0.381 e. The maximum atomic E-state index is 13.4. The Balaban J connectivity index is 1.82. The maximum absolute atomic E-state index is 13.4. The summed E-state index contributed by atoms with van der Waals surface area (Å²) in [6.07, 6.45) is -3.51. The third-order valence-corrected chi connectivity index (χ3v) is 5.89. The van der Waals surface area contributed by atoms with Gasteiger partial charge in [0, 0.05) is 25.3 Å². The number of ether oxygens (including phenoxy) is 1. The lowest BCUT2D eigenvalue weighted by molar-refractivity contribution is -0.138. The van der Waals surface area contributed by atoms with Crippen molar-refractivity contribution in [3.8, 4) is 0 Å². The molecule has 1 unspecified atom stereocenters. The van der Waals surface area contributed by atoms with Crippen LogP contribution in [0.25, 0.3) is 0 Å². The molecular weight excluding hydrogens is 421 g/mol. The fourth-order valence-corrected chi connectivity index (χ4v) is 3.88. The second-order valence-corrected chi connectivity index (χ2v) is 7.99. The molecule has 172 valence electrons. The molecule has 0 saturated carbocycles. The summed E-state index contributed by atoms with van der Waals surface area (Å²) in [6.45, 7) is 4.17. The Morgan fingerprint density at radius 3 is 2.34 bits per heavy atom. The number of hydrogen-bond donors (Lipinski definition) is 2. The predicted molar refractivity (Wildman–Crippen MR) is 115 cm³/mol. The monoisotopic (exact) mass is 448 g/mol.